The number of hydrogen-bond donors (Lipinski definition) is 11. The molecule has 18 atom stereocenters. The molecule has 0 radical (unpaired) electrons. The second-order valence-corrected chi connectivity index (χ2v) is 27.7. The summed E-state index contributed by atoms with van der Waals surface area (Å²) >= 11 is 0. The fourth-order valence-corrected chi connectivity index (χ4v) is 13.0. The number of carbonyl (C=O) groups excluding carboxylic acids is 3. The van der Waals surface area contributed by atoms with E-state index in [1.807, 2.05) is 0 Å². The summed E-state index contributed by atoms with van der Waals surface area (Å²) < 4.78 is 64.9. The minimum Gasteiger partial charge on any atom is -0.463 e. The van der Waals surface area contributed by atoms with E-state index in [0.717, 1.165) is 89.9 Å². The van der Waals surface area contributed by atoms with Crippen molar-refractivity contribution >= 4 is 25.7 Å². The van der Waals surface area contributed by atoms with E-state index in [4.69, 9.17) is 42.2 Å². The lowest BCUT2D eigenvalue weighted by Crippen LogP contribution is -2.69. The van der Waals surface area contributed by atoms with Crippen molar-refractivity contribution in [2.75, 3.05) is 26.4 Å². The Balaban J connectivity index is 1.75. The zero-order chi connectivity index (χ0) is 68.9. The standard InChI is InChI=1S/C69H127O24P/c1-4-7-10-13-16-19-22-24-26-29-32-35-38-41-44-54(72)86-49-52-57(75)59(77)64(82)69(90-52)92-66-62(80)60(78)61(79)65(91-68-63(81)58(76)56(74)51(46-70)89-68)67(66)93-94(83,84)87-48-50(47-85-53(71)43-40-37-34-31-28-21-18-15-12-9-6-3)88-55(73)45-42-39-36-33-30-27-25-23-20-17-14-11-8-5-2/h27,30,50-52,56-70,74-82H,4-26,28-29,31-49H2,1-3H3,(H,83,84)/b30-27-. The van der Waals surface area contributed by atoms with E-state index in [0.29, 0.717) is 25.7 Å². The molecule has 0 aromatic carbocycles. The number of allylic oxidation sites excluding steroid dienone is 2. The van der Waals surface area contributed by atoms with Crippen molar-refractivity contribution in [1.29, 1.82) is 0 Å². The van der Waals surface area contributed by atoms with Crippen LogP contribution in [-0.2, 0) is 61.2 Å². The zero-order valence-electron chi connectivity index (χ0n) is 57.3. The van der Waals surface area contributed by atoms with E-state index in [1.165, 1.54) is 122 Å². The van der Waals surface area contributed by atoms with Gasteiger partial charge in [0.05, 0.1) is 13.2 Å². The van der Waals surface area contributed by atoms with Crippen molar-refractivity contribution in [2.45, 2.75) is 382 Å². The minimum atomic E-state index is -5.69. The van der Waals surface area contributed by atoms with Gasteiger partial charge in [-0.25, -0.2) is 4.57 Å². The van der Waals surface area contributed by atoms with Crippen LogP contribution in [0.4, 0.5) is 0 Å². The maximum atomic E-state index is 14.3. The molecule has 0 amide bonds. The van der Waals surface area contributed by atoms with Gasteiger partial charge in [-0.2, -0.15) is 0 Å². The molecule has 2 aliphatic heterocycles. The van der Waals surface area contributed by atoms with E-state index in [1.54, 1.807) is 0 Å². The van der Waals surface area contributed by atoms with E-state index < -0.39 is 156 Å². The molecule has 1 aliphatic carbocycles. The summed E-state index contributed by atoms with van der Waals surface area (Å²) in [5, 5.41) is 110. The van der Waals surface area contributed by atoms with Crippen LogP contribution in [-0.4, -0.2) is 204 Å². The highest BCUT2D eigenvalue weighted by atomic mass is 31.2. The van der Waals surface area contributed by atoms with Crippen LogP contribution in [0, 0.1) is 0 Å². The van der Waals surface area contributed by atoms with Crippen LogP contribution in [0.3, 0.4) is 0 Å². The molecule has 11 N–H and O–H groups in total. The van der Waals surface area contributed by atoms with Crippen LogP contribution in [0.2, 0.25) is 0 Å². The van der Waals surface area contributed by atoms with Crippen molar-refractivity contribution < 1.29 is 117 Å². The van der Waals surface area contributed by atoms with Crippen LogP contribution in [0.25, 0.3) is 0 Å². The average Bonchev–Trinajstić information content (AvgIpc) is 0.780. The number of carbonyl (C=O) groups is 3. The molecule has 24 nitrogen and oxygen atoms in total. The highest BCUT2D eigenvalue weighted by Gasteiger charge is 2.58. The van der Waals surface area contributed by atoms with Crippen molar-refractivity contribution in [3.05, 3.63) is 12.2 Å². The van der Waals surface area contributed by atoms with E-state index >= 15 is 0 Å². The number of phosphoric ester groups is 1. The Morgan fingerprint density at radius 3 is 1.16 bits per heavy atom. The Morgan fingerprint density at radius 1 is 0.404 bits per heavy atom. The minimum absolute atomic E-state index is 0.0318. The number of esters is 3. The molecule has 25 heteroatoms. The molecule has 94 heavy (non-hydrogen) atoms. The van der Waals surface area contributed by atoms with E-state index in [-0.39, 0.29) is 19.3 Å². The first-order chi connectivity index (χ1) is 45.3. The Hall–Kier alpha value is -2.30. The molecule has 0 bridgehead atoms. The number of hydrogen-bond acceptors (Lipinski definition) is 23. The Bertz CT molecular complexity index is 2010. The lowest BCUT2D eigenvalue weighted by Gasteiger charge is -2.49. The lowest BCUT2D eigenvalue weighted by atomic mass is 9.84. The van der Waals surface area contributed by atoms with Gasteiger partial charge in [-0.15, -0.1) is 0 Å². The second kappa shape index (κ2) is 51.8. The van der Waals surface area contributed by atoms with E-state index in [2.05, 4.69) is 32.9 Å². The normalized spacial score (nSPS) is 28.3. The number of phosphoric acid groups is 1. The van der Waals surface area contributed by atoms with Gasteiger partial charge < -0.3 is 89.1 Å². The highest BCUT2D eigenvalue weighted by Crippen LogP contribution is 2.49. The Kier molecular flexibility index (Phi) is 47.3. The first-order valence-electron chi connectivity index (χ1n) is 36.5. The molecule has 2 saturated heterocycles. The summed E-state index contributed by atoms with van der Waals surface area (Å²) in [5.41, 5.74) is 0. The maximum Gasteiger partial charge on any atom is 0.472 e. The molecule has 3 rings (SSSR count). The highest BCUT2D eigenvalue weighted by molar-refractivity contribution is 7.47. The molecular formula is C69H127O24P. The smallest absolute Gasteiger partial charge is 0.463 e. The third-order valence-corrected chi connectivity index (χ3v) is 19.0. The monoisotopic (exact) mass is 1370 g/mol. The number of rotatable bonds is 56. The number of aliphatic hydroxyl groups excluding tert-OH is 10. The average molecular weight is 1370 g/mol. The van der Waals surface area contributed by atoms with Gasteiger partial charge >= 0.3 is 25.7 Å². The quantitative estimate of drug-likeness (QED) is 0.00888. The summed E-state index contributed by atoms with van der Waals surface area (Å²) in [7, 11) is -5.69. The van der Waals surface area contributed by atoms with Crippen molar-refractivity contribution in [2.24, 2.45) is 0 Å². The molecule has 3 fully saturated rings. The topological polar surface area (TPSA) is 374 Å². The van der Waals surface area contributed by atoms with Crippen LogP contribution in [0.15, 0.2) is 12.2 Å². The van der Waals surface area contributed by atoms with Gasteiger partial charge in [0, 0.05) is 19.3 Å². The summed E-state index contributed by atoms with van der Waals surface area (Å²) in [5.74, 6) is -2.00. The van der Waals surface area contributed by atoms with Gasteiger partial charge in [-0.3, -0.25) is 23.4 Å². The van der Waals surface area contributed by atoms with Crippen LogP contribution in [0.5, 0.6) is 0 Å². The van der Waals surface area contributed by atoms with E-state index in [9.17, 15) is 74.9 Å². The van der Waals surface area contributed by atoms with Crippen LogP contribution < -0.4 is 0 Å². The van der Waals surface area contributed by atoms with Gasteiger partial charge in [0.15, 0.2) is 18.7 Å². The SMILES string of the molecule is CCCCCCCCC/C=C\CCCCCC(=O)OC(COC(=O)CCCCCCCCCCCCC)COP(=O)(O)OC1C(OC2OC(CO)C(O)C(O)C2O)C(O)C(O)C(O)C1OC1OC(COC(=O)CCCCCCCCCCCCCCCC)C(O)C(O)C1O. The molecule has 3 aliphatic rings. The fourth-order valence-electron chi connectivity index (χ4n) is 12.0. The number of unbranched alkanes of at least 4 members (excludes halogenated alkanes) is 33. The first-order valence-corrected chi connectivity index (χ1v) is 38.0. The fraction of sp³-hybridized carbons (Fsp3) is 0.928. The number of aliphatic hydroxyl groups is 10. The van der Waals surface area contributed by atoms with Gasteiger partial charge in [0.2, 0.25) is 0 Å². The second-order valence-electron chi connectivity index (χ2n) is 26.3. The molecule has 0 aromatic rings. The molecule has 2 heterocycles. The van der Waals surface area contributed by atoms with Gasteiger partial charge in [-0.1, -0.05) is 226 Å². The molecule has 1 saturated carbocycles. The largest absolute Gasteiger partial charge is 0.472 e. The van der Waals surface area contributed by atoms with Crippen LogP contribution >= 0.6 is 7.82 Å². The van der Waals surface area contributed by atoms with Gasteiger partial charge in [0.25, 0.3) is 0 Å². The summed E-state index contributed by atoms with van der Waals surface area (Å²) in [6, 6.07) is 0. The van der Waals surface area contributed by atoms with Crippen molar-refractivity contribution in [1.82, 2.24) is 0 Å². The molecule has 0 spiro atoms. The van der Waals surface area contributed by atoms with Gasteiger partial charge in [-0.05, 0) is 44.9 Å². The molecule has 0 aromatic heterocycles. The first kappa shape index (κ1) is 85.9. The number of ether oxygens (including phenoxy) is 7. The Labute approximate surface area is 561 Å². The maximum absolute atomic E-state index is 14.3. The van der Waals surface area contributed by atoms with Gasteiger partial charge in [0.1, 0.15) is 98.7 Å². The molecule has 18 unspecified atom stereocenters. The summed E-state index contributed by atoms with van der Waals surface area (Å²) in [6.45, 7) is 3.41. The molecular weight excluding hydrogens is 1240 g/mol. The lowest BCUT2D eigenvalue weighted by molar-refractivity contribution is -0.360. The zero-order valence-corrected chi connectivity index (χ0v) is 58.2. The third kappa shape index (κ3) is 35.1. The van der Waals surface area contributed by atoms with Crippen molar-refractivity contribution in [3.63, 3.8) is 0 Å². The van der Waals surface area contributed by atoms with Crippen molar-refractivity contribution in [3.8, 4) is 0 Å². The molecule has 552 valence electrons. The predicted octanol–water partition coefficient (Wildman–Crippen LogP) is 9.18. The van der Waals surface area contributed by atoms with Crippen LogP contribution in [0.1, 0.15) is 278 Å². The summed E-state index contributed by atoms with van der Waals surface area (Å²) in [6.07, 6.45) is 8.74. The predicted molar refractivity (Wildman–Crippen MR) is 352 cm³/mol. The Morgan fingerprint density at radius 2 is 0.745 bits per heavy atom. The summed E-state index contributed by atoms with van der Waals surface area (Å²) in [4.78, 5) is 50.8. The third-order valence-electron chi connectivity index (χ3n) is 18.0.